The summed E-state index contributed by atoms with van der Waals surface area (Å²) in [6.07, 6.45) is 1.59. The number of carbonyl (C=O) groups excluding carboxylic acids is 4. The lowest BCUT2D eigenvalue weighted by molar-refractivity contribution is -0.120. The van der Waals surface area contributed by atoms with Crippen molar-refractivity contribution in [2.45, 2.75) is 104 Å². The maximum atomic E-state index is 14.2. The highest BCUT2D eigenvalue weighted by atomic mass is 35.5. The molecule has 2 aromatic rings. The smallest absolute Gasteiger partial charge is 0.408 e. The van der Waals surface area contributed by atoms with E-state index in [2.05, 4.69) is 21.3 Å². The van der Waals surface area contributed by atoms with Crippen molar-refractivity contribution in [3.63, 3.8) is 0 Å². The number of unbranched alkanes of at least 4 members (excludes halogenated alkanes) is 1. The first-order valence-electron chi connectivity index (χ1n) is 16.7. The Morgan fingerprint density at radius 1 is 1.04 bits per heavy atom. The number of rotatable bonds is 11. The molecule has 1 heterocycles. The SMILES string of the molecule is CC1c2c(Cl)cc(Cl)cc2CCN1C=O.CCNc1cc(NC(=O)C(CCCCNC(=O)OC(C)(C)C)NC(=O)OC(C)(C)C)c(C#N)cc1F. The topological polar surface area (TPSA) is 162 Å². The number of anilines is 2. The molecule has 1 aliphatic rings. The normalized spacial score (nSPS) is 14.4. The zero-order valence-electron chi connectivity index (χ0n) is 30.5. The molecule has 4 amide bonds. The van der Waals surface area contributed by atoms with Gasteiger partial charge in [-0.1, -0.05) is 23.2 Å². The quantitative estimate of drug-likeness (QED) is 0.134. The summed E-state index contributed by atoms with van der Waals surface area (Å²) >= 11 is 12.1. The van der Waals surface area contributed by atoms with Crippen molar-refractivity contribution in [2.75, 3.05) is 30.3 Å². The molecule has 51 heavy (non-hydrogen) atoms. The van der Waals surface area contributed by atoms with Gasteiger partial charge in [-0.15, -0.1) is 0 Å². The van der Waals surface area contributed by atoms with E-state index in [4.69, 9.17) is 32.7 Å². The summed E-state index contributed by atoms with van der Waals surface area (Å²) in [5.74, 6) is -1.21. The number of alkyl carbamates (subject to hydrolysis) is 2. The third kappa shape index (κ3) is 14.5. The summed E-state index contributed by atoms with van der Waals surface area (Å²) in [5.41, 5.74) is 0.991. The number of benzene rings is 2. The van der Waals surface area contributed by atoms with Crippen LogP contribution in [0.1, 0.15) is 97.4 Å². The Kier molecular flexibility index (Phi) is 16.3. The van der Waals surface area contributed by atoms with Gasteiger partial charge in [-0.3, -0.25) is 9.59 Å². The molecular formula is C36H49Cl2FN6O6. The van der Waals surface area contributed by atoms with Crippen LogP contribution in [0.5, 0.6) is 0 Å². The van der Waals surface area contributed by atoms with Gasteiger partial charge in [0.1, 0.15) is 29.1 Å². The average molecular weight is 752 g/mol. The van der Waals surface area contributed by atoms with E-state index in [0.29, 0.717) is 36.0 Å². The molecule has 15 heteroatoms. The number of nitrogens with one attached hydrogen (secondary N) is 4. The van der Waals surface area contributed by atoms with Crippen molar-refractivity contribution < 1.29 is 33.0 Å². The van der Waals surface area contributed by atoms with E-state index in [1.54, 1.807) is 59.4 Å². The van der Waals surface area contributed by atoms with Gasteiger partial charge in [0.25, 0.3) is 0 Å². The molecule has 1 aliphatic heterocycles. The summed E-state index contributed by atoms with van der Waals surface area (Å²) in [6.45, 7) is 15.6. The first-order chi connectivity index (χ1) is 23.8. The lowest BCUT2D eigenvalue weighted by Crippen LogP contribution is -2.46. The predicted octanol–water partition coefficient (Wildman–Crippen LogP) is 7.72. The number of hydrogen-bond donors (Lipinski definition) is 4. The van der Waals surface area contributed by atoms with Crippen LogP contribution >= 0.6 is 23.2 Å². The molecular weight excluding hydrogens is 702 g/mol. The van der Waals surface area contributed by atoms with Crippen molar-refractivity contribution in [3.8, 4) is 6.07 Å². The minimum absolute atomic E-state index is 0.0380. The van der Waals surface area contributed by atoms with E-state index in [1.165, 1.54) is 6.07 Å². The number of nitriles is 1. The largest absolute Gasteiger partial charge is 0.444 e. The second kappa shape index (κ2) is 19.4. The molecule has 2 atom stereocenters. The number of fused-ring (bicyclic) bond motifs is 1. The van der Waals surface area contributed by atoms with Gasteiger partial charge < -0.3 is 35.6 Å². The number of halogens is 3. The lowest BCUT2D eigenvalue weighted by Gasteiger charge is -2.33. The summed E-state index contributed by atoms with van der Waals surface area (Å²) in [5, 5.41) is 21.3. The van der Waals surface area contributed by atoms with Gasteiger partial charge in [0.2, 0.25) is 12.3 Å². The molecule has 0 spiro atoms. The Morgan fingerprint density at radius 2 is 1.69 bits per heavy atom. The van der Waals surface area contributed by atoms with E-state index in [1.807, 2.05) is 19.1 Å². The van der Waals surface area contributed by atoms with E-state index in [-0.39, 0.29) is 29.4 Å². The number of amides is 4. The molecule has 0 radical (unpaired) electrons. The summed E-state index contributed by atoms with van der Waals surface area (Å²) in [6, 6.07) is 6.93. The Hall–Kier alpha value is -4.28. The first-order valence-corrected chi connectivity index (χ1v) is 17.5. The molecule has 0 aromatic heterocycles. The average Bonchev–Trinajstić information content (AvgIpc) is 3.00. The molecule has 0 saturated carbocycles. The van der Waals surface area contributed by atoms with Crippen LogP contribution in [0.25, 0.3) is 0 Å². The van der Waals surface area contributed by atoms with Crippen LogP contribution in [-0.2, 0) is 25.5 Å². The fraction of sp³-hybridized carbons (Fsp3) is 0.528. The van der Waals surface area contributed by atoms with Crippen molar-refractivity contribution in [3.05, 3.63) is 56.8 Å². The minimum atomic E-state index is -0.999. The van der Waals surface area contributed by atoms with Crippen LogP contribution in [-0.4, -0.2) is 66.3 Å². The van der Waals surface area contributed by atoms with E-state index < -0.39 is 41.2 Å². The highest BCUT2D eigenvalue weighted by Gasteiger charge is 2.27. The minimum Gasteiger partial charge on any atom is -0.444 e. The van der Waals surface area contributed by atoms with Gasteiger partial charge in [0.05, 0.1) is 23.0 Å². The van der Waals surface area contributed by atoms with Gasteiger partial charge in [-0.25, -0.2) is 14.0 Å². The molecule has 12 nitrogen and oxygen atoms in total. The molecule has 0 aliphatic carbocycles. The second-order valence-electron chi connectivity index (χ2n) is 13.9. The van der Waals surface area contributed by atoms with Gasteiger partial charge in [-0.2, -0.15) is 5.26 Å². The molecule has 2 aromatic carbocycles. The van der Waals surface area contributed by atoms with Crippen molar-refractivity contribution in [1.29, 1.82) is 5.26 Å². The van der Waals surface area contributed by atoms with Gasteiger partial charge in [-0.05, 0) is 116 Å². The van der Waals surface area contributed by atoms with Gasteiger partial charge >= 0.3 is 12.2 Å². The van der Waals surface area contributed by atoms with Gasteiger partial charge in [0.15, 0.2) is 0 Å². The van der Waals surface area contributed by atoms with Crippen LogP contribution in [0.3, 0.4) is 0 Å². The van der Waals surface area contributed by atoms with Gasteiger partial charge in [0, 0.05) is 29.7 Å². The molecule has 3 rings (SSSR count). The van der Waals surface area contributed by atoms with Crippen LogP contribution in [0.15, 0.2) is 24.3 Å². The van der Waals surface area contributed by atoms with Crippen LogP contribution in [0.2, 0.25) is 10.0 Å². The summed E-state index contributed by atoms with van der Waals surface area (Å²) in [7, 11) is 0. The predicted molar refractivity (Wildman–Crippen MR) is 197 cm³/mol. The fourth-order valence-electron chi connectivity index (χ4n) is 5.08. The number of carbonyl (C=O) groups is 4. The van der Waals surface area contributed by atoms with Crippen LogP contribution in [0.4, 0.5) is 25.4 Å². The van der Waals surface area contributed by atoms with Crippen molar-refractivity contribution >= 4 is 59.1 Å². The Morgan fingerprint density at radius 3 is 2.27 bits per heavy atom. The molecule has 280 valence electrons. The Bertz CT molecular complexity index is 1590. The zero-order valence-corrected chi connectivity index (χ0v) is 32.0. The maximum Gasteiger partial charge on any atom is 0.408 e. The molecule has 0 fully saturated rings. The standard InChI is InChI=1S/C25H38FN5O5.C11H11Cl2NO/c1-8-28-20-14-19(16(15-27)13-17(20)26)30-21(32)18(31-23(34)36-25(5,6)7)11-9-10-12-29-22(33)35-24(2,3)4;1-7-11-8(2-3-14(7)6-15)4-9(12)5-10(11)13/h13-14,18,28H,8-12H2,1-7H3,(H,29,33)(H,30,32)(H,31,34);4-7H,2-3H2,1H3. The van der Waals surface area contributed by atoms with Crippen LogP contribution < -0.4 is 21.3 Å². The third-order valence-electron chi connectivity index (χ3n) is 7.32. The third-order valence-corrected chi connectivity index (χ3v) is 7.85. The number of ether oxygens (including phenoxy) is 2. The highest BCUT2D eigenvalue weighted by molar-refractivity contribution is 6.35. The van der Waals surface area contributed by atoms with Crippen molar-refractivity contribution in [1.82, 2.24) is 15.5 Å². The summed E-state index contributed by atoms with van der Waals surface area (Å²) < 4.78 is 24.6. The highest BCUT2D eigenvalue weighted by Crippen LogP contribution is 2.36. The molecule has 0 bridgehead atoms. The van der Waals surface area contributed by atoms with E-state index in [0.717, 1.165) is 36.6 Å². The number of nitrogens with zero attached hydrogens (tertiary/aromatic N) is 2. The zero-order chi connectivity index (χ0) is 38.5. The summed E-state index contributed by atoms with van der Waals surface area (Å²) in [4.78, 5) is 49.8. The molecule has 2 unspecified atom stereocenters. The monoisotopic (exact) mass is 750 g/mol. The molecule has 0 saturated heterocycles. The first kappa shape index (κ1) is 42.9. The van der Waals surface area contributed by atoms with E-state index in [9.17, 15) is 28.8 Å². The van der Waals surface area contributed by atoms with Crippen LogP contribution in [0, 0.1) is 17.1 Å². The van der Waals surface area contributed by atoms with E-state index >= 15 is 0 Å². The second-order valence-corrected chi connectivity index (χ2v) is 14.7. The lowest BCUT2D eigenvalue weighted by atomic mass is 9.94. The Labute approximate surface area is 309 Å². The fourth-order valence-corrected chi connectivity index (χ4v) is 5.77. The number of hydrogen-bond acceptors (Lipinski definition) is 8. The molecule has 4 N–H and O–H groups in total. The maximum absolute atomic E-state index is 14.2. The Balaban J connectivity index is 0.000000493. The van der Waals surface area contributed by atoms with Crippen molar-refractivity contribution in [2.24, 2.45) is 0 Å².